The molecular formula is C24H29N3O4S. The largest absolute Gasteiger partial charge is 0.494 e. The van der Waals surface area contributed by atoms with Crippen LogP contribution >= 0.6 is 11.3 Å². The molecule has 4 rings (SSSR count). The third-order valence-corrected chi connectivity index (χ3v) is 6.78. The average molecular weight is 456 g/mol. The maximum atomic E-state index is 13.3. The van der Waals surface area contributed by atoms with Crippen molar-refractivity contribution in [2.75, 3.05) is 58.0 Å². The summed E-state index contributed by atoms with van der Waals surface area (Å²) in [5.41, 5.74) is 3.05. The predicted molar refractivity (Wildman–Crippen MR) is 127 cm³/mol. The van der Waals surface area contributed by atoms with Gasteiger partial charge in [0.25, 0.3) is 5.91 Å². The fraction of sp³-hybridized carbons (Fsp3) is 0.417. The number of hydrogen-bond acceptors (Lipinski definition) is 7. The summed E-state index contributed by atoms with van der Waals surface area (Å²) < 4.78 is 17.8. The second kappa shape index (κ2) is 10.3. The summed E-state index contributed by atoms with van der Waals surface area (Å²) in [5, 5.41) is 0.665. The van der Waals surface area contributed by atoms with Gasteiger partial charge in [-0.05, 0) is 37.6 Å². The fourth-order valence-corrected chi connectivity index (χ4v) is 4.72. The third-order valence-electron chi connectivity index (χ3n) is 5.57. The summed E-state index contributed by atoms with van der Waals surface area (Å²) in [6.07, 6.45) is 0. The van der Waals surface area contributed by atoms with Crippen molar-refractivity contribution in [3.05, 3.63) is 47.5 Å². The first kappa shape index (κ1) is 22.5. The van der Waals surface area contributed by atoms with Gasteiger partial charge in [0.05, 0.1) is 25.0 Å². The molecule has 0 saturated carbocycles. The molecule has 32 heavy (non-hydrogen) atoms. The Labute approximate surface area is 192 Å². The molecule has 2 heterocycles. The van der Waals surface area contributed by atoms with Crippen LogP contribution < -0.4 is 14.4 Å². The first-order valence-corrected chi connectivity index (χ1v) is 11.6. The van der Waals surface area contributed by atoms with Gasteiger partial charge in [-0.3, -0.25) is 14.6 Å². The van der Waals surface area contributed by atoms with Gasteiger partial charge in [-0.15, -0.1) is 0 Å². The number of amides is 1. The number of methoxy groups -OCH3 is 1. The van der Waals surface area contributed by atoms with Crippen molar-refractivity contribution in [1.82, 2.24) is 9.88 Å². The Kier molecular flexibility index (Phi) is 7.24. The van der Waals surface area contributed by atoms with Crippen LogP contribution in [0.4, 0.5) is 5.13 Å². The molecule has 1 amide bonds. The van der Waals surface area contributed by atoms with Gasteiger partial charge in [-0.25, -0.2) is 4.98 Å². The summed E-state index contributed by atoms with van der Waals surface area (Å²) in [6.45, 7) is 8.50. The number of benzene rings is 2. The molecule has 0 spiro atoms. The Hall–Kier alpha value is -2.68. The van der Waals surface area contributed by atoms with Gasteiger partial charge >= 0.3 is 0 Å². The normalized spacial score (nSPS) is 14.5. The number of aromatic nitrogens is 1. The van der Waals surface area contributed by atoms with E-state index >= 15 is 0 Å². The molecule has 3 aromatic rings. The molecular weight excluding hydrogens is 426 g/mol. The lowest BCUT2D eigenvalue weighted by atomic mass is 10.2. The molecule has 7 nitrogen and oxygen atoms in total. The standard InChI is InChI=1S/C24H29N3O4S/c1-17-4-7-19(8-5-17)31-16-21(28)27(11-10-26-12-14-30-15-13-26)24-25-22-20(29-3)9-6-18(2)23(22)32-24/h4-9H,10-16H2,1-3H3. The molecule has 0 bridgehead atoms. The Balaban J connectivity index is 1.56. The summed E-state index contributed by atoms with van der Waals surface area (Å²) >= 11 is 1.52. The lowest BCUT2D eigenvalue weighted by Crippen LogP contribution is -2.44. The van der Waals surface area contributed by atoms with E-state index in [2.05, 4.69) is 4.90 Å². The van der Waals surface area contributed by atoms with E-state index < -0.39 is 0 Å². The zero-order valence-electron chi connectivity index (χ0n) is 18.8. The Morgan fingerprint density at radius 3 is 2.62 bits per heavy atom. The molecule has 170 valence electrons. The summed E-state index contributed by atoms with van der Waals surface area (Å²) in [4.78, 5) is 22.1. The van der Waals surface area contributed by atoms with Crippen LogP contribution in [0.15, 0.2) is 36.4 Å². The molecule has 8 heteroatoms. The molecule has 1 aliphatic heterocycles. The van der Waals surface area contributed by atoms with Crippen molar-refractivity contribution in [3.63, 3.8) is 0 Å². The molecule has 0 N–H and O–H groups in total. The molecule has 1 aliphatic rings. The van der Waals surface area contributed by atoms with Gasteiger partial charge in [0.1, 0.15) is 17.0 Å². The second-order valence-electron chi connectivity index (χ2n) is 7.86. The van der Waals surface area contributed by atoms with Gasteiger partial charge in [0, 0.05) is 26.2 Å². The van der Waals surface area contributed by atoms with Crippen molar-refractivity contribution in [2.24, 2.45) is 0 Å². The lowest BCUT2D eigenvalue weighted by molar-refractivity contribution is -0.120. The number of carbonyl (C=O) groups is 1. The van der Waals surface area contributed by atoms with Crippen LogP contribution in [-0.4, -0.2) is 68.9 Å². The maximum Gasteiger partial charge on any atom is 0.266 e. The third kappa shape index (κ3) is 5.20. The number of thiazole rings is 1. The molecule has 1 fully saturated rings. The van der Waals surface area contributed by atoms with Gasteiger partial charge in [0.2, 0.25) is 0 Å². The van der Waals surface area contributed by atoms with Gasteiger partial charge < -0.3 is 14.2 Å². The van der Waals surface area contributed by atoms with Gasteiger partial charge in [-0.1, -0.05) is 35.1 Å². The molecule has 0 atom stereocenters. The highest BCUT2D eigenvalue weighted by molar-refractivity contribution is 7.22. The number of anilines is 1. The smallest absolute Gasteiger partial charge is 0.266 e. The number of hydrogen-bond donors (Lipinski definition) is 0. The highest BCUT2D eigenvalue weighted by atomic mass is 32.1. The van der Waals surface area contributed by atoms with Crippen molar-refractivity contribution >= 4 is 32.6 Å². The summed E-state index contributed by atoms with van der Waals surface area (Å²) in [6, 6.07) is 11.6. The van der Waals surface area contributed by atoms with E-state index in [-0.39, 0.29) is 12.5 Å². The van der Waals surface area contributed by atoms with Gasteiger partial charge in [-0.2, -0.15) is 0 Å². The molecule has 0 aliphatic carbocycles. The number of aryl methyl sites for hydroxylation is 2. The van der Waals surface area contributed by atoms with Crippen LogP contribution in [0.25, 0.3) is 10.2 Å². The van der Waals surface area contributed by atoms with Crippen LogP contribution in [-0.2, 0) is 9.53 Å². The molecule has 1 aromatic heterocycles. The number of rotatable bonds is 8. The number of morpholine rings is 1. The van der Waals surface area contributed by atoms with Crippen LogP contribution in [0.5, 0.6) is 11.5 Å². The quantitative estimate of drug-likeness (QED) is 0.517. The van der Waals surface area contributed by atoms with E-state index in [0.717, 1.165) is 54.2 Å². The van der Waals surface area contributed by atoms with Crippen molar-refractivity contribution in [1.29, 1.82) is 0 Å². The Morgan fingerprint density at radius 2 is 1.91 bits per heavy atom. The molecule has 2 aromatic carbocycles. The highest BCUT2D eigenvalue weighted by Crippen LogP contribution is 2.36. The van der Waals surface area contributed by atoms with Crippen molar-refractivity contribution in [2.45, 2.75) is 13.8 Å². The molecule has 1 saturated heterocycles. The molecule has 0 unspecified atom stereocenters. The van der Waals surface area contributed by atoms with Crippen LogP contribution in [0, 0.1) is 13.8 Å². The Morgan fingerprint density at radius 1 is 1.16 bits per heavy atom. The number of fused-ring (bicyclic) bond motifs is 1. The predicted octanol–water partition coefficient (Wildman–Crippen LogP) is 3.67. The first-order chi connectivity index (χ1) is 15.5. The van der Waals surface area contributed by atoms with E-state index in [1.165, 1.54) is 11.3 Å². The maximum absolute atomic E-state index is 13.3. The van der Waals surface area contributed by atoms with Crippen LogP contribution in [0.2, 0.25) is 0 Å². The zero-order valence-corrected chi connectivity index (χ0v) is 19.6. The number of nitrogens with zero attached hydrogens (tertiary/aromatic N) is 3. The van der Waals surface area contributed by atoms with Crippen LogP contribution in [0.1, 0.15) is 11.1 Å². The van der Waals surface area contributed by atoms with E-state index in [4.69, 9.17) is 19.2 Å². The first-order valence-electron chi connectivity index (χ1n) is 10.8. The van der Waals surface area contributed by atoms with Crippen molar-refractivity contribution < 1.29 is 19.0 Å². The monoisotopic (exact) mass is 455 g/mol. The SMILES string of the molecule is COc1ccc(C)c2sc(N(CCN3CCOCC3)C(=O)COc3ccc(C)cc3)nc12. The number of ether oxygens (including phenoxy) is 3. The second-order valence-corrected chi connectivity index (χ2v) is 8.84. The molecule has 0 radical (unpaired) electrons. The minimum Gasteiger partial charge on any atom is -0.494 e. The van der Waals surface area contributed by atoms with E-state index in [1.807, 2.05) is 50.2 Å². The Bertz CT molecular complexity index is 1060. The summed E-state index contributed by atoms with van der Waals surface area (Å²) in [5.74, 6) is 1.28. The fourth-order valence-electron chi connectivity index (χ4n) is 3.63. The van der Waals surface area contributed by atoms with Crippen LogP contribution in [0.3, 0.4) is 0 Å². The average Bonchev–Trinajstić information content (AvgIpc) is 3.26. The highest BCUT2D eigenvalue weighted by Gasteiger charge is 2.23. The van der Waals surface area contributed by atoms with Crippen molar-refractivity contribution in [3.8, 4) is 11.5 Å². The lowest BCUT2D eigenvalue weighted by Gasteiger charge is -2.29. The minimum absolute atomic E-state index is 0.0434. The summed E-state index contributed by atoms with van der Waals surface area (Å²) in [7, 11) is 1.64. The van der Waals surface area contributed by atoms with E-state index in [9.17, 15) is 4.79 Å². The zero-order chi connectivity index (χ0) is 22.5. The van der Waals surface area contributed by atoms with E-state index in [1.54, 1.807) is 12.0 Å². The number of carbonyl (C=O) groups excluding carboxylic acids is 1. The van der Waals surface area contributed by atoms with Gasteiger partial charge in [0.15, 0.2) is 11.7 Å². The van der Waals surface area contributed by atoms with E-state index in [0.29, 0.717) is 23.2 Å². The topological polar surface area (TPSA) is 64.1 Å². The minimum atomic E-state index is -0.116.